The van der Waals surface area contributed by atoms with Crippen LogP contribution in [0.2, 0.25) is 0 Å². The first kappa shape index (κ1) is 32.5. The SMILES string of the molecule is CC1(C)c2cc3c(cc2-c2c1ccc1ccccc21)c1ccccc1n3-c1ccc(-c2nc(-c3ccc4oc5ccccc5c4c3)c3ccccc3n2)c2ccccc12. The molecule has 3 heterocycles. The molecule has 0 amide bonds. The van der Waals surface area contributed by atoms with E-state index >= 15 is 0 Å². The Morgan fingerprint density at radius 1 is 0.458 bits per heavy atom. The van der Waals surface area contributed by atoms with Crippen LogP contribution in [0.4, 0.5) is 0 Å². The van der Waals surface area contributed by atoms with Gasteiger partial charge in [-0.2, -0.15) is 0 Å². The lowest BCUT2D eigenvalue weighted by Crippen LogP contribution is -2.15. The lowest BCUT2D eigenvalue weighted by atomic mass is 9.82. The summed E-state index contributed by atoms with van der Waals surface area (Å²) in [7, 11) is 0. The molecule has 0 atom stereocenters. The molecule has 1 aliphatic rings. The Morgan fingerprint density at radius 3 is 2.05 bits per heavy atom. The second-order valence-corrected chi connectivity index (χ2v) is 16.5. The summed E-state index contributed by atoms with van der Waals surface area (Å²) < 4.78 is 8.67. The van der Waals surface area contributed by atoms with Gasteiger partial charge in [-0.25, -0.2) is 9.97 Å². The maximum Gasteiger partial charge on any atom is 0.161 e. The molecule has 0 unspecified atom stereocenters. The number of nitrogens with zero attached hydrogens (tertiary/aromatic N) is 3. The van der Waals surface area contributed by atoms with Crippen molar-refractivity contribution in [3.63, 3.8) is 0 Å². The van der Waals surface area contributed by atoms with E-state index in [4.69, 9.17) is 14.4 Å². The van der Waals surface area contributed by atoms with Gasteiger partial charge in [-0.15, -0.1) is 0 Å². The highest BCUT2D eigenvalue weighted by atomic mass is 16.3. The van der Waals surface area contributed by atoms with E-state index in [9.17, 15) is 0 Å². The van der Waals surface area contributed by atoms with Crippen molar-refractivity contribution in [2.75, 3.05) is 0 Å². The second kappa shape index (κ2) is 11.7. The van der Waals surface area contributed by atoms with Gasteiger partial charge in [-0.05, 0) is 99.1 Å². The number of fused-ring (bicyclic) bond motifs is 13. The van der Waals surface area contributed by atoms with Crippen LogP contribution < -0.4 is 0 Å². The maximum atomic E-state index is 6.19. The topological polar surface area (TPSA) is 43.9 Å². The Labute approximate surface area is 339 Å². The molecule has 4 heteroatoms. The van der Waals surface area contributed by atoms with Crippen LogP contribution in [0.3, 0.4) is 0 Å². The van der Waals surface area contributed by atoms with E-state index in [0.29, 0.717) is 5.82 Å². The van der Waals surface area contributed by atoms with Gasteiger partial charge in [0, 0.05) is 48.9 Å². The third-order valence-corrected chi connectivity index (χ3v) is 13.0. The van der Waals surface area contributed by atoms with Gasteiger partial charge in [0.25, 0.3) is 0 Å². The van der Waals surface area contributed by atoms with E-state index in [1.165, 1.54) is 54.8 Å². The standard InChI is InChI=1S/C55H35N3O/c1-55(2)44-26-23-32-13-3-4-14-34(32)52(44)43-30-41-37-17-8-11-21-47(37)58(49(41)31-45(43)55)48-27-25-39(35-15-5-6-16-36(35)48)54-56-46-20-10-7-19-40(46)53(57-54)33-24-28-51-42(29-33)38-18-9-12-22-50(38)59-51/h3-31H,1-2H3. The summed E-state index contributed by atoms with van der Waals surface area (Å²) in [5, 5.41) is 10.5. The van der Waals surface area contributed by atoms with Gasteiger partial charge < -0.3 is 8.98 Å². The molecule has 276 valence electrons. The van der Waals surface area contributed by atoms with Crippen molar-refractivity contribution in [2.45, 2.75) is 19.3 Å². The van der Waals surface area contributed by atoms with Gasteiger partial charge in [0.15, 0.2) is 5.82 Å². The average Bonchev–Trinajstić information content (AvgIpc) is 3.89. The number of aromatic nitrogens is 3. The van der Waals surface area contributed by atoms with Gasteiger partial charge in [-0.1, -0.05) is 129 Å². The van der Waals surface area contributed by atoms with E-state index in [1.54, 1.807) is 0 Å². The third kappa shape index (κ3) is 4.49. The molecule has 1 aliphatic carbocycles. The fourth-order valence-corrected chi connectivity index (χ4v) is 10.2. The Balaban J connectivity index is 1.04. The number of para-hydroxylation sites is 3. The Kier molecular flexibility index (Phi) is 6.48. The molecular weight excluding hydrogens is 719 g/mol. The predicted octanol–water partition coefficient (Wildman–Crippen LogP) is 14.6. The lowest BCUT2D eigenvalue weighted by molar-refractivity contribution is 0.661. The normalized spacial score (nSPS) is 13.4. The quantitative estimate of drug-likeness (QED) is 0.180. The molecule has 12 aromatic rings. The smallest absolute Gasteiger partial charge is 0.161 e. The van der Waals surface area contributed by atoms with Crippen molar-refractivity contribution >= 4 is 76.2 Å². The Bertz CT molecular complexity index is 3770. The minimum absolute atomic E-state index is 0.156. The van der Waals surface area contributed by atoms with E-state index < -0.39 is 0 Å². The largest absolute Gasteiger partial charge is 0.456 e. The monoisotopic (exact) mass is 753 g/mol. The highest BCUT2D eigenvalue weighted by Gasteiger charge is 2.37. The highest BCUT2D eigenvalue weighted by molar-refractivity contribution is 6.15. The maximum absolute atomic E-state index is 6.19. The minimum Gasteiger partial charge on any atom is -0.456 e. The molecule has 0 aliphatic heterocycles. The molecule has 4 nitrogen and oxygen atoms in total. The summed E-state index contributed by atoms with van der Waals surface area (Å²) in [5.41, 5.74) is 14.4. The van der Waals surface area contributed by atoms with Crippen molar-refractivity contribution in [3.8, 4) is 39.5 Å². The van der Waals surface area contributed by atoms with Crippen molar-refractivity contribution < 1.29 is 4.42 Å². The molecule has 0 radical (unpaired) electrons. The molecule has 3 aromatic heterocycles. The summed E-state index contributed by atoms with van der Waals surface area (Å²) >= 11 is 0. The summed E-state index contributed by atoms with van der Waals surface area (Å²) in [4.78, 5) is 10.6. The zero-order valence-electron chi connectivity index (χ0n) is 32.5. The van der Waals surface area contributed by atoms with Gasteiger partial charge in [-0.3, -0.25) is 0 Å². The van der Waals surface area contributed by atoms with Crippen molar-refractivity contribution in [1.82, 2.24) is 14.5 Å². The molecule has 0 spiro atoms. The van der Waals surface area contributed by atoms with Crippen LogP contribution in [0, 0.1) is 0 Å². The van der Waals surface area contributed by atoms with Crippen molar-refractivity contribution in [1.29, 1.82) is 0 Å². The molecule has 0 bridgehead atoms. The Hall–Kier alpha value is -7.56. The number of benzene rings is 9. The molecular formula is C55H35N3O. The average molecular weight is 754 g/mol. The van der Waals surface area contributed by atoms with Crippen LogP contribution in [0.1, 0.15) is 25.0 Å². The van der Waals surface area contributed by atoms with E-state index in [-0.39, 0.29) is 5.41 Å². The second-order valence-electron chi connectivity index (χ2n) is 16.5. The summed E-state index contributed by atoms with van der Waals surface area (Å²) in [5.74, 6) is 0.699. The summed E-state index contributed by atoms with van der Waals surface area (Å²) in [6.45, 7) is 4.76. The molecule has 0 N–H and O–H groups in total. The first-order chi connectivity index (χ1) is 29.0. The fraction of sp³-hybridized carbons (Fsp3) is 0.0545. The fourth-order valence-electron chi connectivity index (χ4n) is 10.2. The lowest BCUT2D eigenvalue weighted by Gasteiger charge is -2.22. The first-order valence-corrected chi connectivity index (χ1v) is 20.3. The van der Waals surface area contributed by atoms with Gasteiger partial charge in [0.05, 0.1) is 27.9 Å². The number of hydrogen-bond acceptors (Lipinski definition) is 3. The summed E-state index contributed by atoms with van der Waals surface area (Å²) in [6, 6.07) is 63.4. The zero-order chi connectivity index (χ0) is 39.0. The van der Waals surface area contributed by atoms with E-state index in [0.717, 1.165) is 66.1 Å². The Morgan fingerprint density at radius 2 is 1.17 bits per heavy atom. The summed E-state index contributed by atoms with van der Waals surface area (Å²) in [6.07, 6.45) is 0. The highest BCUT2D eigenvalue weighted by Crippen LogP contribution is 2.53. The number of furan rings is 1. The van der Waals surface area contributed by atoms with Crippen LogP contribution in [0.15, 0.2) is 180 Å². The van der Waals surface area contributed by atoms with Crippen LogP contribution in [-0.4, -0.2) is 14.5 Å². The molecule has 9 aromatic carbocycles. The minimum atomic E-state index is -0.156. The predicted molar refractivity (Wildman–Crippen MR) is 245 cm³/mol. The van der Waals surface area contributed by atoms with Crippen molar-refractivity contribution in [2.24, 2.45) is 0 Å². The van der Waals surface area contributed by atoms with Crippen LogP contribution in [0.5, 0.6) is 0 Å². The van der Waals surface area contributed by atoms with Gasteiger partial charge in [0.1, 0.15) is 11.2 Å². The van der Waals surface area contributed by atoms with E-state index in [2.05, 4.69) is 182 Å². The van der Waals surface area contributed by atoms with Crippen LogP contribution in [0.25, 0.3) is 116 Å². The molecule has 0 saturated carbocycles. The zero-order valence-corrected chi connectivity index (χ0v) is 32.5. The van der Waals surface area contributed by atoms with Crippen molar-refractivity contribution in [3.05, 3.63) is 187 Å². The number of rotatable bonds is 3. The van der Waals surface area contributed by atoms with E-state index in [1.807, 2.05) is 12.1 Å². The van der Waals surface area contributed by atoms with Gasteiger partial charge in [0.2, 0.25) is 0 Å². The van der Waals surface area contributed by atoms with Crippen LogP contribution in [-0.2, 0) is 5.41 Å². The molecule has 0 saturated heterocycles. The molecule has 59 heavy (non-hydrogen) atoms. The number of hydrogen-bond donors (Lipinski definition) is 0. The molecule has 13 rings (SSSR count). The van der Waals surface area contributed by atoms with Gasteiger partial charge >= 0.3 is 0 Å². The molecule has 0 fully saturated rings. The third-order valence-electron chi connectivity index (χ3n) is 13.0. The first-order valence-electron chi connectivity index (χ1n) is 20.3. The van der Waals surface area contributed by atoms with Crippen LogP contribution >= 0.6 is 0 Å².